The van der Waals surface area contributed by atoms with Crippen LogP contribution in [-0.2, 0) is 6.42 Å². The van der Waals surface area contributed by atoms with E-state index in [0.29, 0.717) is 12.3 Å². The predicted octanol–water partition coefficient (Wildman–Crippen LogP) is 6.24. The molecule has 0 aromatic heterocycles. The summed E-state index contributed by atoms with van der Waals surface area (Å²) in [4.78, 5) is 12.3. The summed E-state index contributed by atoms with van der Waals surface area (Å²) < 4.78 is 0. The molecule has 1 atom stereocenters. The van der Waals surface area contributed by atoms with Crippen molar-refractivity contribution in [3.63, 3.8) is 0 Å². The third-order valence-electron chi connectivity index (χ3n) is 5.71. The number of nitrogens with zero attached hydrogens (tertiary/aromatic N) is 2. The number of hydrogen-bond acceptors (Lipinski definition) is 3. The van der Waals surface area contributed by atoms with E-state index >= 15 is 0 Å². The van der Waals surface area contributed by atoms with Crippen LogP contribution in [0.25, 0.3) is 11.1 Å². The minimum absolute atomic E-state index is 0.268. The normalized spacial score (nSPS) is 16.2. The molecule has 1 unspecified atom stereocenters. The number of carbonyl (C=O) groups is 1. The lowest BCUT2D eigenvalue weighted by Crippen LogP contribution is -2.09. The molecule has 0 fully saturated rings. The molecule has 0 radical (unpaired) electrons. The molecule has 0 spiro atoms. The maximum Gasteiger partial charge on any atom is 0.163 e. The zero-order valence-corrected chi connectivity index (χ0v) is 16.7. The Kier molecular flexibility index (Phi) is 4.76. The van der Waals surface area contributed by atoms with Gasteiger partial charge in [-0.05, 0) is 73.1 Å². The Morgan fingerprint density at radius 2 is 1.93 bits per heavy atom. The van der Waals surface area contributed by atoms with Crippen molar-refractivity contribution in [2.75, 3.05) is 5.01 Å². The van der Waals surface area contributed by atoms with Crippen LogP contribution in [0.5, 0.6) is 0 Å². The number of Topliss-reactive ketones (excluding diaryl/α,β-unsaturated/α-hetero) is 1. The van der Waals surface area contributed by atoms with Gasteiger partial charge in [0.05, 0.1) is 5.69 Å². The Hall–Kier alpha value is -2.94. The molecule has 0 aliphatic heterocycles. The van der Waals surface area contributed by atoms with Crippen molar-refractivity contribution in [2.45, 2.75) is 45.4 Å². The zero-order chi connectivity index (χ0) is 19.8. The molecule has 142 valence electrons. The van der Waals surface area contributed by atoms with E-state index in [1.54, 1.807) is 6.20 Å². The first kappa shape index (κ1) is 18.4. The molecule has 4 rings (SSSR count). The Morgan fingerprint density at radius 1 is 1.14 bits per heavy atom. The van der Waals surface area contributed by atoms with Gasteiger partial charge in [-0.1, -0.05) is 30.9 Å². The maximum absolute atomic E-state index is 12.3. The summed E-state index contributed by atoms with van der Waals surface area (Å²) in [6, 6.07) is 10.8. The summed E-state index contributed by atoms with van der Waals surface area (Å²) in [5.74, 6) is 0.621. The molecule has 2 aliphatic rings. The van der Waals surface area contributed by atoms with E-state index in [4.69, 9.17) is 0 Å². The van der Waals surface area contributed by atoms with Gasteiger partial charge in [0.25, 0.3) is 0 Å². The molecule has 0 saturated heterocycles. The van der Waals surface area contributed by atoms with Gasteiger partial charge in [-0.3, -0.25) is 4.79 Å². The highest BCUT2D eigenvalue weighted by molar-refractivity contribution is 6.04. The number of anilines is 1. The van der Waals surface area contributed by atoms with Crippen LogP contribution in [0.3, 0.4) is 0 Å². The van der Waals surface area contributed by atoms with Crippen LogP contribution in [0.2, 0.25) is 0 Å². The second kappa shape index (κ2) is 7.23. The SMILES string of the molecule is C=CCCC1c2ccc(N(C=C)N=C(C)C)cc2-c2c1ccc1c2CCC1=O. The molecule has 0 heterocycles. The van der Waals surface area contributed by atoms with Gasteiger partial charge in [0.15, 0.2) is 5.78 Å². The van der Waals surface area contributed by atoms with Gasteiger partial charge in [0, 0.05) is 29.8 Å². The lowest BCUT2D eigenvalue weighted by atomic mass is 9.91. The standard InChI is InChI=1S/C25H26N2O/c1-5-7-8-18-19-10-9-17(27(6-2)26-16(3)4)15-23(19)25-21(18)12-11-20-22(25)13-14-24(20)28/h5-6,9-12,15,18H,1-2,7-8,13-14H2,3-4H3. The minimum atomic E-state index is 0.268. The largest absolute Gasteiger partial charge is 0.294 e. The number of rotatable bonds is 6. The van der Waals surface area contributed by atoms with E-state index in [-0.39, 0.29) is 5.78 Å². The maximum atomic E-state index is 12.3. The van der Waals surface area contributed by atoms with E-state index in [9.17, 15) is 4.79 Å². The molecule has 3 heteroatoms. The first-order valence-corrected chi connectivity index (χ1v) is 9.93. The van der Waals surface area contributed by atoms with Crippen LogP contribution in [0.1, 0.15) is 66.1 Å². The minimum Gasteiger partial charge on any atom is -0.294 e. The van der Waals surface area contributed by atoms with Crippen molar-refractivity contribution in [2.24, 2.45) is 5.10 Å². The van der Waals surface area contributed by atoms with Crippen molar-refractivity contribution in [3.05, 3.63) is 78.0 Å². The number of benzene rings is 2. The molecule has 3 nitrogen and oxygen atoms in total. The fraction of sp³-hybridized carbons (Fsp3) is 0.280. The second-order valence-corrected chi connectivity index (χ2v) is 7.74. The number of ketones is 1. The topological polar surface area (TPSA) is 32.7 Å². The van der Waals surface area contributed by atoms with Gasteiger partial charge in [-0.25, -0.2) is 5.01 Å². The van der Waals surface area contributed by atoms with Crippen LogP contribution in [0, 0.1) is 0 Å². The molecule has 0 saturated carbocycles. The molecule has 2 aromatic carbocycles. The number of carbonyl (C=O) groups excluding carboxylic acids is 1. The fourth-order valence-electron chi connectivity index (χ4n) is 4.56. The third-order valence-corrected chi connectivity index (χ3v) is 5.71. The molecule has 28 heavy (non-hydrogen) atoms. The number of allylic oxidation sites excluding steroid dienone is 1. The highest BCUT2D eigenvalue weighted by Crippen LogP contribution is 2.51. The fourth-order valence-corrected chi connectivity index (χ4v) is 4.56. The molecular weight excluding hydrogens is 344 g/mol. The van der Waals surface area contributed by atoms with Gasteiger partial charge in [-0.2, -0.15) is 5.10 Å². The summed E-state index contributed by atoms with van der Waals surface area (Å²) in [5, 5.41) is 6.38. The van der Waals surface area contributed by atoms with E-state index in [2.05, 4.69) is 42.5 Å². The Morgan fingerprint density at radius 3 is 2.64 bits per heavy atom. The molecule has 0 amide bonds. The number of fused-ring (bicyclic) bond motifs is 5. The molecule has 2 aliphatic carbocycles. The van der Waals surface area contributed by atoms with Gasteiger partial charge < -0.3 is 0 Å². The highest BCUT2D eigenvalue weighted by Gasteiger charge is 2.34. The van der Waals surface area contributed by atoms with Gasteiger partial charge in [0.1, 0.15) is 0 Å². The molecule has 0 bridgehead atoms. The molecule has 0 N–H and O–H groups in total. The van der Waals surface area contributed by atoms with Crippen LogP contribution in [-0.4, -0.2) is 11.5 Å². The van der Waals surface area contributed by atoms with Crippen LogP contribution < -0.4 is 5.01 Å². The Balaban J connectivity index is 1.90. The Bertz CT molecular complexity index is 1010. The molecular formula is C25H26N2O. The van der Waals surface area contributed by atoms with Crippen molar-refractivity contribution >= 4 is 17.2 Å². The van der Waals surface area contributed by atoms with Crippen molar-refractivity contribution in [3.8, 4) is 11.1 Å². The lowest BCUT2D eigenvalue weighted by molar-refractivity contribution is 0.0994. The average molecular weight is 370 g/mol. The zero-order valence-electron chi connectivity index (χ0n) is 16.7. The van der Waals surface area contributed by atoms with Crippen LogP contribution in [0.15, 0.2) is 60.9 Å². The van der Waals surface area contributed by atoms with Crippen molar-refractivity contribution in [1.29, 1.82) is 0 Å². The summed E-state index contributed by atoms with van der Waals surface area (Å²) in [6.45, 7) is 11.8. The van der Waals surface area contributed by atoms with E-state index in [1.807, 2.05) is 31.0 Å². The number of hydrazone groups is 1. The summed E-state index contributed by atoms with van der Waals surface area (Å²) in [6.07, 6.45) is 7.19. The van der Waals surface area contributed by atoms with Gasteiger partial charge in [0.2, 0.25) is 0 Å². The predicted molar refractivity (Wildman–Crippen MR) is 117 cm³/mol. The number of hydrogen-bond donors (Lipinski definition) is 0. The first-order valence-electron chi connectivity index (χ1n) is 9.93. The molecule has 2 aromatic rings. The van der Waals surface area contributed by atoms with Gasteiger partial charge in [-0.15, -0.1) is 6.58 Å². The quantitative estimate of drug-likeness (QED) is 0.342. The Labute approximate surface area is 167 Å². The monoisotopic (exact) mass is 370 g/mol. The van der Waals surface area contributed by atoms with Crippen LogP contribution >= 0.6 is 0 Å². The summed E-state index contributed by atoms with van der Waals surface area (Å²) >= 11 is 0. The van der Waals surface area contributed by atoms with Crippen molar-refractivity contribution < 1.29 is 4.79 Å². The van der Waals surface area contributed by atoms with E-state index < -0.39 is 0 Å². The lowest BCUT2D eigenvalue weighted by Gasteiger charge is -2.17. The van der Waals surface area contributed by atoms with E-state index in [1.165, 1.54) is 27.8 Å². The summed E-state index contributed by atoms with van der Waals surface area (Å²) in [5.41, 5.74) is 9.30. The average Bonchev–Trinajstić information content (AvgIpc) is 3.21. The first-order chi connectivity index (χ1) is 13.5. The smallest absolute Gasteiger partial charge is 0.163 e. The third kappa shape index (κ3) is 2.91. The second-order valence-electron chi connectivity index (χ2n) is 7.74. The van der Waals surface area contributed by atoms with Gasteiger partial charge >= 0.3 is 0 Å². The van der Waals surface area contributed by atoms with Crippen LogP contribution in [0.4, 0.5) is 5.69 Å². The summed E-state index contributed by atoms with van der Waals surface area (Å²) in [7, 11) is 0. The van der Waals surface area contributed by atoms with E-state index in [0.717, 1.165) is 36.2 Å². The highest BCUT2D eigenvalue weighted by atomic mass is 16.1. The van der Waals surface area contributed by atoms with Crippen molar-refractivity contribution in [1.82, 2.24) is 0 Å².